The molecule has 0 heterocycles. The third kappa shape index (κ3) is 2.16. The third-order valence-electron chi connectivity index (χ3n) is 2.56. The van der Waals surface area contributed by atoms with Crippen molar-refractivity contribution in [2.24, 2.45) is 0 Å². The van der Waals surface area contributed by atoms with E-state index in [0.29, 0.717) is 0 Å². The zero-order chi connectivity index (χ0) is 10.7. The Balaban J connectivity index is 2.26. The number of allylic oxidation sites excluding steroid dienone is 2. The van der Waals surface area contributed by atoms with Crippen LogP contribution in [-0.2, 0) is 4.74 Å². The highest BCUT2D eigenvalue weighted by Crippen LogP contribution is 2.32. The summed E-state index contributed by atoms with van der Waals surface area (Å²) in [6.07, 6.45) is 5.34. The molecule has 0 amide bonds. The summed E-state index contributed by atoms with van der Waals surface area (Å²) in [6.45, 7) is 0. The Hall–Kier alpha value is -1.41. The summed E-state index contributed by atoms with van der Waals surface area (Å²) in [5, 5.41) is 0. The highest BCUT2D eigenvalue weighted by Gasteiger charge is 2.29. The van der Waals surface area contributed by atoms with E-state index in [2.05, 4.69) is 0 Å². The second-order valence-corrected chi connectivity index (χ2v) is 3.58. The van der Waals surface area contributed by atoms with Crippen molar-refractivity contribution in [2.75, 3.05) is 7.11 Å². The van der Waals surface area contributed by atoms with E-state index in [1.54, 1.807) is 6.08 Å². The van der Waals surface area contributed by atoms with Crippen molar-refractivity contribution < 1.29 is 9.13 Å². The average Bonchev–Trinajstić information content (AvgIpc) is 2.30. The summed E-state index contributed by atoms with van der Waals surface area (Å²) < 4.78 is 18.7. The number of methoxy groups -OCH3 is 1. The van der Waals surface area contributed by atoms with Crippen LogP contribution in [0.1, 0.15) is 12.0 Å². The SMILES string of the molecule is COC1(F)C=CC=C(c2ccccc2)C1. The minimum absolute atomic E-state index is 0.268. The molecule has 2 heteroatoms. The molecule has 0 spiro atoms. The van der Waals surface area contributed by atoms with Gasteiger partial charge in [-0.15, -0.1) is 0 Å². The van der Waals surface area contributed by atoms with Crippen LogP contribution in [0.5, 0.6) is 0 Å². The van der Waals surface area contributed by atoms with Crippen molar-refractivity contribution in [3.8, 4) is 0 Å². The molecule has 0 radical (unpaired) electrons. The van der Waals surface area contributed by atoms with Gasteiger partial charge in [-0.3, -0.25) is 0 Å². The molecule has 0 aliphatic heterocycles. The van der Waals surface area contributed by atoms with Crippen molar-refractivity contribution in [3.63, 3.8) is 0 Å². The van der Waals surface area contributed by atoms with Crippen LogP contribution in [0.4, 0.5) is 4.39 Å². The Morgan fingerprint density at radius 1 is 1.27 bits per heavy atom. The van der Waals surface area contributed by atoms with Crippen molar-refractivity contribution in [3.05, 3.63) is 54.1 Å². The molecule has 1 aliphatic rings. The largest absolute Gasteiger partial charge is 0.346 e. The molecule has 0 saturated carbocycles. The maximum absolute atomic E-state index is 13.9. The van der Waals surface area contributed by atoms with Crippen molar-refractivity contribution >= 4 is 5.57 Å². The lowest BCUT2D eigenvalue weighted by atomic mass is 9.94. The molecule has 78 valence electrons. The van der Waals surface area contributed by atoms with Crippen LogP contribution in [0.25, 0.3) is 5.57 Å². The summed E-state index contributed by atoms with van der Waals surface area (Å²) in [7, 11) is 1.39. The van der Waals surface area contributed by atoms with E-state index in [0.717, 1.165) is 11.1 Å². The lowest BCUT2D eigenvalue weighted by Crippen LogP contribution is -2.24. The monoisotopic (exact) mass is 204 g/mol. The smallest absolute Gasteiger partial charge is 0.232 e. The molecule has 1 aromatic carbocycles. The van der Waals surface area contributed by atoms with Gasteiger partial charge in [-0.1, -0.05) is 42.5 Å². The Kier molecular flexibility index (Phi) is 2.69. The highest BCUT2D eigenvalue weighted by molar-refractivity contribution is 5.69. The van der Waals surface area contributed by atoms with Gasteiger partial charge >= 0.3 is 0 Å². The van der Waals surface area contributed by atoms with E-state index in [1.807, 2.05) is 36.4 Å². The predicted molar refractivity (Wildman–Crippen MR) is 59.0 cm³/mol. The number of benzene rings is 1. The first kappa shape index (κ1) is 10.1. The van der Waals surface area contributed by atoms with Gasteiger partial charge in [0.05, 0.1) is 0 Å². The Morgan fingerprint density at radius 3 is 2.67 bits per heavy atom. The maximum Gasteiger partial charge on any atom is 0.232 e. The highest BCUT2D eigenvalue weighted by atomic mass is 19.2. The summed E-state index contributed by atoms with van der Waals surface area (Å²) in [5.41, 5.74) is 2.00. The van der Waals surface area contributed by atoms with Gasteiger partial charge in [0, 0.05) is 13.5 Å². The Bertz CT molecular complexity index is 394. The van der Waals surface area contributed by atoms with Crippen LogP contribution in [0.3, 0.4) is 0 Å². The summed E-state index contributed by atoms with van der Waals surface area (Å²) in [5.74, 6) is -1.65. The average molecular weight is 204 g/mol. The molecule has 1 unspecified atom stereocenters. The van der Waals surface area contributed by atoms with Gasteiger partial charge in [0.15, 0.2) is 0 Å². The molecule has 0 aromatic heterocycles. The number of hydrogen-bond acceptors (Lipinski definition) is 1. The second-order valence-electron chi connectivity index (χ2n) is 3.58. The molecule has 1 atom stereocenters. The lowest BCUT2D eigenvalue weighted by molar-refractivity contribution is -0.0747. The van der Waals surface area contributed by atoms with Gasteiger partial charge < -0.3 is 4.74 Å². The van der Waals surface area contributed by atoms with Gasteiger partial charge in [-0.2, -0.15) is 0 Å². The fraction of sp³-hybridized carbons (Fsp3) is 0.231. The van der Waals surface area contributed by atoms with Crippen LogP contribution < -0.4 is 0 Å². The first-order valence-corrected chi connectivity index (χ1v) is 4.91. The fourth-order valence-electron chi connectivity index (χ4n) is 1.68. The van der Waals surface area contributed by atoms with E-state index in [9.17, 15) is 4.39 Å². The van der Waals surface area contributed by atoms with Crippen molar-refractivity contribution in [2.45, 2.75) is 12.3 Å². The molecule has 1 aliphatic carbocycles. The number of halogens is 1. The third-order valence-corrected chi connectivity index (χ3v) is 2.56. The van der Waals surface area contributed by atoms with E-state index in [1.165, 1.54) is 13.2 Å². The van der Waals surface area contributed by atoms with E-state index >= 15 is 0 Å². The molecule has 2 rings (SSSR count). The molecule has 1 aromatic rings. The van der Waals surface area contributed by atoms with Gasteiger partial charge in [-0.05, 0) is 17.2 Å². The fourth-order valence-corrected chi connectivity index (χ4v) is 1.68. The molecule has 0 saturated heterocycles. The van der Waals surface area contributed by atoms with E-state index in [4.69, 9.17) is 4.74 Å². The standard InChI is InChI=1S/C13H13FO/c1-15-13(14)9-5-8-12(10-13)11-6-3-2-4-7-11/h2-9H,10H2,1H3. The van der Waals surface area contributed by atoms with Crippen molar-refractivity contribution in [1.82, 2.24) is 0 Å². The molecular weight excluding hydrogens is 191 g/mol. The quantitative estimate of drug-likeness (QED) is 0.717. The van der Waals surface area contributed by atoms with E-state index < -0.39 is 5.85 Å². The van der Waals surface area contributed by atoms with Crippen LogP contribution in [0.15, 0.2) is 48.6 Å². The normalized spacial score (nSPS) is 25.1. The van der Waals surface area contributed by atoms with Gasteiger partial charge in [0.25, 0.3) is 0 Å². The number of hydrogen-bond donors (Lipinski definition) is 0. The lowest BCUT2D eigenvalue weighted by Gasteiger charge is -2.24. The minimum atomic E-state index is -1.65. The molecule has 0 N–H and O–H groups in total. The van der Waals surface area contributed by atoms with Crippen LogP contribution >= 0.6 is 0 Å². The number of rotatable bonds is 2. The first-order chi connectivity index (χ1) is 7.23. The Labute approximate surface area is 88.9 Å². The zero-order valence-corrected chi connectivity index (χ0v) is 8.61. The van der Waals surface area contributed by atoms with Gasteiger partial charge in [0.1, 0.15) is 0 Å². The summed E-state index contributed by atoms with van der Waals surface area (Å²) >= 11 is 0. The first-order valence-electron chi connectivity index (χ1n) is 4.91. The molecule has 15 heavy (non-hydrogen) atoms. The van der Waals surface area contributed by atoms with Gasteiger partial charge in [-0.25, -0.2) is 4.39 Å². The second kappa shape index (κ2) is 3.99. The summed E-state index contributed by atoms with van der Waals surface area (Å²) in [6, 6.07) is 9.78. The minimum Gasteiger partial charge on any atom is -0.346 e. The molecule has 1 nitrogen and oxygen atoms in total. The van der Waals surface area contributed by atoms with Crippen molar-refractivity contribution in [1.29, 1.82) is 0 Å². The van der Waals surface area contributed by atoms with Crippen LogP contribution in [-0.4, -0.2) is 13.0 Å². The molecular formula is C13H13FO. The van der Waals surface area contributed by atoms with E-state index in [-0.39, 0.29) is 6.42 Å². The predicted octanol–water partition coefficient (Wildman–Crippen LogP) is 3.34. The van der Waals surface area contributed by atoms with Crippen LogP contribution in [0.2, 0.25) is 0 Å². The van der Waals surface area contributed by atoms with Gasteiger partial charge in [0.2, 0.25) is 5.85 Å². The topological polar surface area (TPSA) is 9.23 Å². The molecule has 0 fully saturated rings. The number of ether oxygens (including phenoxy) is 1. The van der Waals surface area contributed by atoms with Crippen LogP contribution in [0, 0.1) is 0 Å². The summed E-state index contributed by atoms with van der Waals surface area (Å²) in [4.78, 5) is 0. The molecule has 0 bridgehead atoms. The Morgan fingerprint density at radius 2 is 2.00 bits per heavy atom. The number of alkyl halides is 1. The zero-order valence-electron chi connectivity index (χ0n) is 8.61. The maximum atomic E-state index is 13.9.